The average molecular weight is 205 g/mol. The van der Waals surface area contributed by atoms with E-state index in [4.69, 9.17) is 10.5 Å². The zero-order chi connectivity index (χ0) is 10.9. The Labute approximate surface area is 91.4 Å². The fourth-order valence-electron chi connectivity index (χ4n) is 2.74. The molecule has 0 amide bonds. The van der Waals surface area contributed by atoms with Gasteiger partial charge in [-0.15, -0.1) is 0 Å². The van der Waals surface area contributed by atoms with Gasteiger partial charge in [0, 0.05) is 12.0 Å². The highest BCUT2D eigenvalue weighted by Gasteiger charge is 2.41. The average Bonchev–Trinajstić information content (AvgIpc) is 2.25. The first-order valence-electron chi connectivity index (χ1n) is 5.55. The second-order valence-corrected chi connectivity index (χ2v) is 4.73. The minimum Gasteiger partial charge on any atom is -0.497 e. The molecule has 0 bridgehead atoms. The predicted molar refractivity (Wildman–Crippen MR) is 62.1 cm³/mol. The van der Waals surface area contributed by atoms with Gasteiger partial charge in [-0.1, -0.05) is 19.1 Å². The van der Waals surface area contributed by atoms with Crippen LogP contribution in [0.15, 0.2) is 24.3 Å². The summed E-state index contributed by atoms with van der Waals surface area (Å²) < 4.78 is 5.16. The molecule has 0 atom stereocenters. The zero-order valence-electron chi connectivity index (χ0n) is 9.49. The van der Waals surface area contributed by atoms with Crippen LogP contribution in [0.4, 0.5) is 0 Å². The minimum atomic E-state index is 0.242. The van der Waals surface area contributed by atoms with Gasteiger partial charge in [0.1, 0.15) is 5.75 Å². The molecule has 0 saturated heterocycles. The summed E-state index contributed by atoms with van der Waals surface area (Å²) in [4.78, 5) is 0. The lowest BCUT2D eigenvalue weighted by Crippen LogP contribution is -2.46. The largest absolute Gasteiger partial charge is 0.497 e. The lowest BCUT2D eigenvalue weighted by Gasteiger charge is -2.46. The van der Waals surface area contributed by atoms with Crippen LogP contribution in [0.5, 0.6) is 5.75 Å². The standard InChI is InChI=1S/C13H19NO/c1-10-7-13(8-10,9-14)11-3-5-12(15-2)6-4-11/h3-6,10H,7-9,14H2,1-2H3. The van der Waals surface area contributed by atoms with Crippen LogP contribution >= 0.6 is 0 Å². The number of ether oxygens (including phenoxy) is 1. The fourth-order valence-corrected chi connectivity index (χ4v) is 2.74. The van der Waals surface area contributed by atoms with E-state index in [2.05, 4.69) is 19.1 Å². The maximum atomic E-state index is 5.90. The summed E-state index contributed by atoms with van der Waals surface area (Å²) in [6.45, 7) is 3.04. The van der Waals surface area contributed by atoms with Crippen molar-refractivity contribution < 1.29 is 4.74 Å². The summed E-state index contributed by atoms with van der Waals surface area (Å²) in [6, 6.07) is 8.35. The first-order valence-corrected chi connectivity index (χ1v) is 5.55. The Kier molecular flexibility index (Phi) is 2.70. The van der Waals surface area contributed by atoms with Crippen molar-refractivity contribution in [2.24, 2.45) is 11.7 Å². The number of nitrogens with two attached hydrogens (primary N) is 1. The van der Waals surface area contributed by atoms with Crippen LogP contribution in [-0.4, -0.2) is 13.7 Å². The highest BCUT2D eigenvalue weighted by atomic mass is 16.5. The SMILES string of the molecule is COc1ccc(C2(CN)CC(C)C2)cc1. The molecule has 0 unspecified atom stereocenters. The molecule has 1 aliphatic carbocycles. The molecule has 1 aliphatic rings. The highest BCUT2D eigenvalue weighted by Crippen LogP contribution is 2.46. The van der Waals surface area contributed by atoms with E-state index < -0.39 is 0 Å². The van der Waals surface area contributed by atoms with Gasteiger partial charge in [-0.05, 0) is 36.5 Å². The molecule has 2 nitrogen and oxygen atoms in total. The van der Waals surface area contributed by atoms with Crippen LogP contribution in [0.1, 0.15) is 25.3 Å². The second-order valence-electron chi connectivity index (χ2n) is 4.73. The molecule has 0 aliphatic heterocycles. The summed E-state index contributed by atoms with van der Waals surface area (Å²) in [5.74, 6) is 1.73. The first-order chi connectivity index (χ1) is 7.20. The molecule has 1 fully saturated rings. The van der Waals surface area contributed by atoms with E-state index in [1.807, 2.05) is 12.1 Å². The number of benzene rings is 1. The van der Waals surface area contributed by atoms with Crippen molar-refractivity contribution in [3.05, 3.63) is 29.8 Å². The molecule has 2 heteroatoms. The molecule has 0 spiro atoms. The van der Waals surface area contributed by atoms with E-state index >= 15 is 0 Å². The van der Waals surface area contributed by atoms with Gasteiger partial charge < -0.3 is 10.5 Å². The third-order valence-electron chi connectivity index (χ3n) is 3.57. The quantitative estimate of drug-likeness (QED) is 0.822. The number of hydrogen-bond donors (Lipinski definition) is 1. The van der Waals surface area contributed by atoms with Gasteiger partial charge >= 0.3 is 0 Å². The first kappa shape index (κ1) is 10.5. The molecule has 0 radical (unpaired) electrons. The van der Waals surface area contributed by atoms with E-state index in [0.717, 1.165) is 18.2 Å². The molecule has 2 rings (SSSR count). The highest BCUT2D eigenvalue weighted by molar-refractivity contribution is 5.34. The van der Waals surface area contributed by atoms with Gasteiger partial charge in [0.2, 0.25) is 0 Å². The van der Waals surface area contributed by atoms with Gasteiger partial charge in [-0.3, -0.25) is 0 Å². The topological polar surface area (TPSA) is 35.2 Å². The predicted octanol–water partition coefficient (Wildman–Crippen LogP) is 2.32. The van der Waals surface area contributed by atoms with Crippen LogP contribution in [0.2, 0.25) is 0 Å². The number of methoxy groups -OCH3 is 1. The third-order valence-corrected chi connectivity index (χ3v) is 3.57. The smallest absolute Gasteiger partial charge is 0.118 e. The summed E-state index contributed by atoms with van der Waals surface area (Å²) in [5, 5.41) is 0. The third kappa shape index (κ3) is 1.74. The van der Waals surface area contributed by atoms with Crippen LogP contribution < -0.4 is 10.5 Å². The number of rotatable bonds is 3. The second kappa shape index (κ2) is 3.86. The fraction of sp³-hybridized carbons (Fsp3) is 0.538. The Balaban J connectivity index is 2.21. The van der Waals surface area contributed by atoms with Crippen LogP contribution in [0.25, 0.3) is 0 Å². The Hall–Kier alpha value is -1.02. The van der Waals surface area contributed by atoms with Gasteiger partial charge in [0.05, 0.1) is 7.11 Å². The molecule has 0 heterocycles. The van der Waals surface area contributed by atoms with Gasteiger partial charge in [0.15, 0.2) is 0 Å². The maximum absolute atomic E-state index is 5.90. The van der Waals surface area contributed by atoms with Crippen molar-refractivity contribution >= 4 is 0 Å². The molecule has 82 valence electrons. The van der Waals surface area contributed by atoms with E-state index in [1.165, 1.54) is 18.4 Å². The Morgan fingerprint density at radius 2 is 1.93 bits per heavy atom. The van der Waals surface area contributed by atoms with Gasteiger partial charge in [0.25, 0.3) is 0 Å². The maximum Gasteiger partial charge on any atom is 0.118 e. The van der Waals surface area contributed by atoms with Crippen molar-refractivity contribution in [3.63, 3.8) is 0 Å². The summed E-state index contributed by atoms with van der Waals surface area (Å²) in [5.41, 5.74) is 7.51. The summed E-state index contributed by atoms with van der Waals surface area (Å²) >= 11 is 0. The molecule has 1 aromatic carbocycles. The summed E-state index contributed by atoms with van der Waals surface area (Å²) in [6.07, 6.45) is 2.44. The summed E-state index contributed by atoms with van der Waals surface area (Å²) in [7, 11) is 1.69. The molecular weight excluding hydrogens is 186 g/mol. The Morgan fingerprint density at radius 3 is 2.33 bits per heavy atom. The van der Waals surface area contributed by atoms with Gasteiger partial charge in [-0.2, -0.15) is 0 Å². The lowest BCUT2D eigenvalue weighted by atomic mass is 9.59. The van der Waals surface area contributed by atoms with Crippen LogP contribution in [-0.2, 0) is 5.41 Å². The Bertz CT molecular complexity index is 325. The van der Waals surface area contributed by atoms with Crippen molar-refractivity contribution in [2.75, 3.05) is 13.7 Å². The lowest BCUT2D eigenvalue weighted by molar-refractivity contribution is 0.164. The van der Waals surface area contributed by atoms with E-state index in [9.17, 15) is 0 Å². The van der Waals surface area contributed by atoms with Crippen molar-refractivity contribution in [1.29, 1.82) is 0 Å². The Morgan fingerprint density at radius 1 is 1.33 bits per heavy atom. The molecule has 0 aromatic heterocycles. The molecule has 2 N–H and O–H groups in total. The van der Waals surface area contributed by atoms with Crippen molar-refractivity contribution in [3.8, 4) is 5.75 Å². The van der Waals surface area contributed by atoms with E-state index in [1.54, 1.807) is 7.11 Å². The van der Waals surface area contributed by atoms with E-state index in [0.29, 0.717) is 0 Å². The number of hydrogen-bond acceptors (Lipinski definition) is 2. The van der Waals surface area contributed by atoms with Crippen molar-refractivity contribution in [1.82, 2.24) is 0 Å². The van der Waals surface area contributed by atoms with Crippen LogP contribution in [0, 0.1) is 5.92 Å². The van der Waals surface area contributed by atoms with E-state index in [-0.39, 0.29) is 5.41 Å². The minimum absolute atomic E-state index is 0.242. The van der Waals surface area contributed by atoms with Crippen molar-refractivity contribution in [2.45, 2.75) is 25.2 Å². The molecule has 1 saturated carbocycles. The molecule has 1 aromatic rings. The normalized spacial score (nSPS) is 29.7. The zero-order valence-corrected chi connectivity index (χ0v) is 9.49. The van der Waals surface area contributed by atoms with Crippen LogP contribution in [0.3, 0.4) is 0 Å². The molecular formula is C13H19NO. The van der Waals surface area contributed by atoms with Gasteiger partial charge in [-0.25, -0.2) is 0 Å². The monoisotopic (exact) mass is 205 g/mol. The molecule has 15 heavy (non-hydrogen) atoms.